The highest BCUT2D eigenvalue weighted by atomic mass is 19.3. The molecule has 1 aromatic carbocycles. The summed E-state index contributed by atoms with van der Waals surface area (Å²) in [7, 11) is 0. The average molecular weight is 224 g/mol. The van der Waals surface area contributed by atoms with Crippen molar-refractivity contribution in [3.05, 3.63) is 29.3 Å². The van der Waals surface area contributed by atoms with Gasteiger partial charge in [-0.25, -0.2) is 0 Å². The van der Waals surface area contributed by atoms with E-state index in [1.54, 1.807) is 13.0 Å². The van der Waals surface area contributed by atoms with E-state index in [4.69, 9.17) is 0 Å². The van der Waals surface area contributed by atoms with E-state index in [9.17, 15) is 8.78 Å². The fraction of sp³-hybridized carbons (Fsp3) is 0.385. The van der Waals surface area contributed by atoms with Gasteiger partial charge in [-0.3, -0.25) is 0 Å². The van der Waals surface area contributed by atoms with Crippen molar-refractivity contribution in [3.8, 4) is 18.1 Å². The number of rotatable bonds is 3. The first kappa shape index (κ1) is 12.5. The van der Waals surface area contributed by atoms with Crippen molar-refractivity contribution >= 4 is 0 Å². The van der Waals surface area contributed by atoms with Crippen molar-refractivity contribution in [2.24, 2.45) is 0 Å². The standard InChI is InChI=1S/C13H14F2O/c1-5-13(14,15)16-12-8-6-7-11(9(2)3)10(12)4/h1,6-9H,2-4H3. The Hall–Kier alpha value is -1.56. The lowest BCUT2D eigenvalue weighted by Crippen LogP contribution is -2.22. The van der Waals surface area contributed by atoms with Crippen LogP contribution in [0.5, 0.6) is 5.75 Å². The van der Waals surface area contributed by atoms with Crippen molar-refractivity contribution in [1.29, 1.82) is 0 Å². The second-order valence-corrected chi connectivity index (χ2v) is 3.89. The average Bonchev–Trinajstić information content (AvgIpc) is 2.20. The maximum atomic E-state index is 12.9. The Labute approximate surface area is 94.4 Å². The summed E-state index contributed by atoms with van der Waals surface area (Å²) in [4.78, 5) is 0. The SMILES string of the molecule is C#CC(F)(F)Oc1cccc(C(C)C)c1C. The summed E-state index contributed by atoms with van der Waals surface area (Å²) in [6, 6.07) is 5.07. The molecule has 0 radical (unpaired) electrons. The van der Waals surface area contributed by atoms with Crippen LogP contribution in [0.2, 0.25) is 0 Å². The number of alkyl halides is 2. The second kappa shape index (κ2) is 4.52. The van der Waals surface area contributed by atoms with Crippen molar-refractivity contribution in [3.63, 3.8) is 0 Å². The van der Waals surface area contributed by atoms with E-state index in [0.717, 1.165) is 5.56 Å². The molecule has 0 atom stereocenters. The Morgan fingerprint density at radius 2 is 2.00 bits per heavy atom. The van der Waals surface area contributed by atoms with Gasteiger partial charge in [0.25, 0.3) is 0 Å². The fourth-order valence-corrected chi connectivity index (χ4v) is 1.54. The molecule has 3 heteroatoms. The molecule has 0 saturated heterocycles. The van der Waals surface area contributed by atoms with E-state index in [1.165, 1.54) is 12.0 Å². The van der Waals surface area contributed by atoms with E-state index < -0.39 is 6.11 Å². The van der Waals surface area contributed by atoms with Crippen LogP contribution in [0.25, 0.3) is 0 Å². The topological polar surface area (TPSA) is 9.23 Å². The van der Waals surface area contributed by atoms with E-state index in [1.807, 2.05) is 19.9 Å². The zero-order valence-electron chi connectivity index (χ0n) is 9.55. The van der Waals surface area contributed by atoms with E-state index in [2.05, 4.69) is 11.2 Å². The molecular weight excluding hydrogens is 210 g/mol. The Morgan fingerprint density at radius 1 is 1.38 bits per heavy atom. The molecule has 0 aromatic heterocycles. The molecule has 0 heterocycles. The van der Waals surface area contributed by atoms with Gasteiger partial charge in [-0.05, 0) is 30.0 Å². The normalized spacial score (nSPS) is 11.3. The van der Waals surface area contributed by atoms with Crippen LogP contribution in [0.1, 0.15) is 30.9 Å². The quantitative estimate of drug-likeness (QED) is 0.711. The highest BCUT2D eigenvalue weighted by molar-refractivity contribution is 5.41. The maximum absolute atomic E-state index is 12.9. The molecule has 0 saturated carbocycles. The predicted molar refractivity (Wildman–Crippen MR) is 59.7 cm³/mol. The van der Waals surface area contributed by atoms with Gasteiger partial charge in [-0.1, -0.05) is 26.0 Å². The summed E-state index contributed by atoms with van der Waals surface area (Å²) in [6.45, 7) is 5.73. The second-order valence-electron chi connectivity index (χ2n) is 3.89. The number of ether oxygens (including phenoxy) is 1. The van der Waals surface area contributed by atoms with Gasteiger partial charge in [0.2, 0.25) is 0 Å². The molecule has 86 valence electrons. The summed E-state index contributed by atoms with van der Waals surface area (Å²) >= 11 is 0. The molecule has 1 aromatic rings. The van der Waals surface area contributed by atoms with Crippen LogP contribution in [0.4, 0.5) is 8.78 Å². The van der Waals surface area contributed by atoms with Crippen molar-refractivity contribution in [2.75, 3.05) is 0 Å². The van der Waals surface area contributed by atoms with Gasteiger partial charge in [0, 0.05) is 5.92 Å². The number of halogens is 2. The molecule has 1 nitrogen and oxygen atoms in total. The first-order valence-corrected chi connectivity index (χ1v) is 5.01. The third-order valence-corrected chi connectivity index (χ3v) is 2.35. The molecule has 0 spiro atoms. The monoisotopic (exact) mass is 224 g/mol. The lowest BCUT2D eigenvalue weighted by molar-refractivity contribution is -0.122. The van der Waals surface area contributed by atoms with Gasteiger partial charge in [0.05, 0.1) is 0 Å². The lowest BCUT2D eigenvalue weighted by atomic mass is 9.97. The number of terminal acetylenes is 1. The van der Waals surface area contributed by atoms with Gasteiger partial charge < -0.3 is 4.74 Å². The van der Waals surface area contributed by atoms with Gasteiger partial charge >= 0.3 is 6.11 Å². The fourth-order valence-electron chi connectivity index (χ4n) is 1.54. The first-order chi connectivity index (χ1) is 7.37. The minimum atomic E-state index is -3.56. The van der Waals surface area contributed by atoms with E-state index >= 15 is 0 Å². The van der Waals surface area contributed by atoms with Gasteiger partial charge in [0.15, 0.2) is 0 Å². The number of benzene rings is 1. The predicted octanol–water partition coefficient (Wildman–Crippen LogP) is 3.72. The molecule has 0 bridgehead atoms. The third-order valence-electron chi connectivity index (χ3n) is 2.35. The summed E-state index contributed by atoms with van der Waals surface area (Å²) in [6.07, 6.45) is 1.12. The van der Waals surface area contributed by atoms with Crippen LogP contribution in [0, 0.1) is 19.3 Å². The Bertz CT molecular complexity index is 416. The Morgan fingerprint density at radius 3 is 2.50 bits per heavy atom. The van der Waals surface area contributed by atoms with E-state index in [0.29, 0.717) is 5.56 Å². The molecule has 1 rings (SSSR count). The van der Waals surface area contributed by atoms with Crippen LogP contribution in [0.3, 0.4) is 0 Å². The van der Waals surface area contributed by atoms with Gasteiger partial charge in [-0.15, -0.1) is 6.42 Å². The minimum Gasteiger partial charge on any atom is -0.422 e. The molecule has 0 aliphatic heterocycles. The van der Waals surface area contributed by atoms with Crippen LogP contribution < -0.4 is 4.74 Å². The van der Waals surface area contributed by atoms with Crippen LogP contribution in [0.15, 0.2) is 18.2 Å². The Kier molecular flexibility index (Phi) is 3.54. The van der Waals surface area contributed by atoms with Gasteiger partial charge in [0.1, 0.15) is 5.75 Å². The smallest absolute Gasteiger partial charge is 0.422 e. The number of hydrogen-bond acceptors (Lipinski definition) is 1. The molecular formula is C13H14F2O. The zero-order chi connectivity index (χ0) is 12.3. The maximum Gasteiger partial charge on any atom is 0.468 e. The molecule has 0 aliphatic rings. The van der Waals surface area contributed by atoms with Crippen molar-refractivity contribution in [2.45, 2.75) is 32.8 Å². The number of hydrogen-bond donors (Lipinski definition) is 0. The molecule has 0 unspecified atom stereocenters. The van der Waals surface area contributed by atoms with Crippen molar-refractivity contribution < 1.29 is 13.5 Å². The summed E-state index contributed by atoms with van der Waals surface area (Å²) in [5, 5.41) is 0. The largest absolute Gasteiger partial charge is 0.468 e. The summed E-state index contributed by atoms with van der Waals surface area (Å²) in [5.74, 6) is 1.70. The molecule has 16 heavy (non-hydrogen) atoms. The zero-order valence-corrected chi connectivity index (χ0v) is 9.55. The third kappa shape index (κ3) is 2.73. The van der Waals surface area contributed by atoms with Crippen LogP contribution in [-0.4, -0.2) is 6.11 Å². The molecule has 0 fully saturated rings. The van der Waals surface area contributed by atoms with Gasteiger partial charge in [-0.2, -0.15) is 8.78 Å². The van der Waals surface area contributed by atoms with Crippen LogP contribution >= 0.6 is 0 Å². The highest BCUT2D eigenvalue weighted by Gasteiger charge is 2.29. The van der Waals surface area contributed by atoms with E-state index in [-0.39, 0.29) is 11.7 Å². The first-order valence-electron chi connectivity index (χ1n) is 5.01. The summed E-state index contributed by atoms with van der Waals surface area (Å²) in [5.41, 5.74) is 1.68. The highest BCUT2D eigenvalue weighted by Crippen LogP contribution is 2.30. The molecule has 0 N–H and O–H groups in total. The molecule has 0 aliphatic carbocycles. The minimum absolute atomic E-state index is 0.133. The van der Waals surface area contributed by atoms with Crippen molar-refractivity contribution in [1.82, 2.24) is 0 Å². The Balaban J connectivity index is 3.08. The molecule has 0 amide bonds. The lowest BCUT2D eigenvalue weighted by Gasteiger charge is -2.17. The van der Waals surface area contributed by atoms with Crippen LogP contribution in [-0.2, 0) is 0 Å². The summed E-state index contributed by atoms with van der Waals surface area (Å²) < 4.78 is 30.3.